The predicted octanol–water partition coefficient (Wildman–Crippen LogP) is 1.85. The van der Waals surface area contributed by atoms with Crippen LogP contribution in [-0.4, -0.2) is 35.2 Å². The highest BCUT2D eigenvalue weighted by Gasteiger charge is 2.11. The lowest BCUT2D eigenvalue weighted by atomic mass is 10.1. The Morgan fingerprint density at radius 1 is 1.39 bits per heavy atom. The highest BCUT2D eigenvalue weighted by atomic mass is 32.2. The van der Waals surface area contributed by atoms with E-state index in [-0.39, 0.29) is 18.6 Å². The zero-order valence-electron chi connectivity index (χ0n) is 10.8. The normalized spacial score (nSPS) is 12.1. The Labute approximate surface area is 113 Å². The second-order valence-electron chi connectivity index (χ2n) is 4.19. The molecule has 0 radical (unpaired) electrons. The van der Waals surface area contributed by atoms with Crippen LogP contribution in [0.5, 0.6) is 0 Å². The molecule has 0 aromatic heterocycles. The molecule has 1 amide bonds. The van der Waals surface area contributed by atoms with Gasteiger partial charge in [-0.2, -0.15) is 11.8 Å². The van der Waals surface area contributed by atoms with Gasteiger partial charge in [-0.05, 0) is 24.2 Å². The van der Waals surface area contributed by atoms with Gasteiger partial charge in [-0.3, -0.25) is 4.79 Å². The lowest BCUT2D eigenvalue weighted by Crippen LogP contribution is -2.40. The van der Waals surface area contributed by atoms with Crippen molar-refractivity contribution in [2.24, 2.45) is 0 Å². The number of hydrogen-bond acceptors (Lipinski definition) is 3. The highest BCUT2D eigenvalue weighted by molar-refractivity contribution is 7.99. The molecular formula is C14H21NO2S. The van der Waals surface area contributed by atoms with Gasteiger partial charge < -0.3 is 10.4 Å². The summed E-state index contributed by atoms with van der Waals surface area (Å²) in [5, 5.41) is 12.2. The van der Waals surface area contributed by atoms with Crippen molar-refractivity contribution in [3.05, 3.63) is 35.9 Å². The number of aliphatic hydroxyl groups is 1. The second kappa shape index (κ2) is 9.00. The number of carbonyl (C=O) groups is 1. The van der Waals surface area contributed by atoms with Gasteiger partial charge in [-0.15, -0.1) is 0 Å². The van der Waals surface area contributed by atoms with E-state index in [9.17, 15) is 9.90 Å². The van der Waals surface area contributed by atoms with Crippen molar-refractivity contribution in [1.29, 1.82) is 0 Å². The first-order chi connectivity index (χ1) is 8.76. The van der Waals surface area contributed by atoms with E-state index >= 15 is 0 Å². The largest absolute Gasteiger partial charge is 0.394 e. The van der Waals surface area contributed by atoms with E-state index in [1.807, 2.05) is 30.3 Å². The lowest BCUT2D eigenvalue weighted by molar-refractivity contribution is -0.119. The average Bonchev–Trinajstić information content (AvgIpc) is 2.39. The third-order valence-corrected chi connectivity index (χ3v) is 3.66. The second-order valence-corrected chi connectivity index (χ2v) is 5.29. The molecule has 1 rings (SSSR count). The number of thioether (sulfide) groups is 1. The number of rotatable bonds is 8. The van der Waals surface area contributed by atoms with Crippen molar-refractivity contribution >= 4 is 17.7 Å². The summed E-state index contributed by atoms with van der Waals surface area (Å²) in [6.07, 6.45) is 1.74. The maximum absolute atomic E-state index is 11.6. The molecule has 1 aromatic rings. The quantitative estimate of drug-likeness (QED) is 0.707. The SMILES string of the molecule is CCCSCC(=O)NC(CO)Cc1ccccc1. The Bertz CT molecular complexity index is 343. The Morgan fingerprint density at radius 3 is 2.72 bits per heavy atom. The average molecular weight is 267 g/mol. The molecule has 4 heteroatoms. The molecule has 3 nitrogen and oxygen atoms in total. The van der Waals surface area contributed by atoms with E-state index in [4.69, 9.17) is 0 Å². The summed E-state index contributed by atoms with van der Waals surface area (Å²) in [5.74, 6) is 1.47. The molecule has 0 fully saturated rings. The monoisotopic (exact) mass is 267 g/mol. The van der Waals surface area contributed by atoms with E-state index in [1.54, 1.807) is 11.8 Å². The summed E-state index contributed by atoms with van der Waals surface area (Å²) in [4.78, 5) is 11.6. The molecule has 0 aliphatic carbocycles. The van der Waals surface area contributed by atoms with Crippen LogP contribution < -0.4 is 5.32 Å². The Kier molecular flexibility index (Phi) is 7.53. The van der Waals surface area contributed by atoms with Gasteiger partial charge in [-0.25, -0.2) is 0 Å². The molecule has 0 saturated carbocycles. The van der Waals surface area contributed by atoms with Crippen LogP contribution >= 0.6 is 11.8 Å². The molecular weight excluding hydrogens is 246 g/mol. The Morgan fingerprint density at radius 2 is 2.11 bits per heavy atom. The molecule has 0 saturated heterocycles. The smallest absolute Gasteiger partial charge is 0.230 e. The number of carbonyl (C=O) groups excluding carboxylic acids is 1. The molecule has 0 aliphatic rings. The van der Waals surface area contributed by atoms with E-state index in [0.29, 0.717) is 12.2 Å². The summed E-state index contributed by atoms with van der Waals surface area (Å²) in [6.45, 7) is 2.07. The van der Waals surface area contributed by atoms with Gasteiger partial charge in [0.05, 0.1) is 18.4 Å². The molecule has 0 bridgehead atoms. The van der Waals surface area contributed by atoms with Crippen LogP contribution in [0.2, 0.25) is 0 Å². The number of amides is 1. The standard InChI is InChI=1S/C14H21NO2S/c1-2-8-18-11-14(17)15-13(10-16)9-12-6-4-3-5-7-12/h3-7,13,16H,2,8-11H2,1H3,(H,15,17). The predicted molar refractivity (Wildman–Crippen MR) is 76.8 cm³/mol. The number of hydrogen-bond donors (Lipinski definition) is 2. The topological polar surface area (TPSA) is 49.3 Å². The van der Waals surface area contributed by atoms with Gasteiger partial charge in [-0.1, -0.05) is 37.3 Å². The minimum Gasteiger partial charge on any atom is -0.394 e. The maximum atomic E-state index is 11.6. The van der Waals surface area contributed by atoms with Crippen LogP contribution in [0.15, 0.2) is 30.3 Å². The molecule has 100 valence electrons. The zero-order valence-corrected chi connectivity index (χ0v) is 11.6. The Balaban J connectivity index is 2.35. The van der Waals surface area contributed by atoms with E-state index in [0.717, 1.165) is 17.7 Å². The first-order valence-corrected chi connectivity index (χ1v) is 7.43. The van der Waals surface area contributed by atoms with Crippen molar-refractivity contribution < 1.29 is 9.90 Å². The van der Waals surface area contributed by atoms with Crippen LogP contribution in [0.1, 0.15) is 18.9 Å². The fraction of sp³-hybridized carbons (Fsp3) is 0.500. The van der Waals surface area contributed by atoms with Crippen molar-refractivity contribution in [2.75, 3.05) is 18.1 Å². The van der Waals surface area contributed by atoms with Crippen molar-refractivity contribution in [2.45, 2.75) is 25.8 Å². The fourth-order valence-electron chi connectivity index (χ4n) is 1.64. The van der Waals surface area contributed by atoms with Crippen molar-refractivity contribution in [3.8, 4) is 0 Å². The fourth-order valence-corrected chi connectivity index (χ4v) is 2.34. The minimum absolute atomic E-state index is 0.00318. The molecule has 1 aromatic carbocycles. The first-order valence-electron chi connectivity index (χ1n) is 6.28. The van der Waals surface area contributed by atoms with Crippen LogP contribution in [0.3, 0.4) is 0 Å². The van der Waals surface area contributed by atoms with Gasteiger partial charge in [0.1, 0.15) is 0 Å². The molecule has 0 heterocycles. The van der Waals surface area contributed by atoms with Crippen molar-refractivity contribution in [1.82, 2.24) is 5.32 Å². The van der Waals surface area contributed by atoms with Crippen LogP contribution in [0.4, 0.5) is 0 Å². The van der Waals surface area contributed by atoms with E-state index in [1.165, 1.54) is 0 Å². The van der Waals surface area contributed by atoms with Gasteiger partial charge in [0, 0.05) is 0 Å². The van der Waals surface area contributed by atoms with Crippen LogP contribution in [0.25, 0.3) is 0 Å². The first kappa shape index (κ1) is 15.1. The molecule has 0 spiro atoms. The molecule has 18 heavy (non-hydrogen) atoms. The van der Waals surface area contributed by atoms with Crippen molar-refractivity contribution in [3.63, 3.8) is 0 Å². The summed E-state index contributed by atoms with van der Waals surface area (Å²) >= 11 is 1.63. The van der Waals surface area contributed by atoms with Crippen LogP contribution in [-0.2, 0) is 11.2 Å². The molecule has 0 aliphatic heterocycles. The zero-order chi connectivity index (χ0) is 13.2. The maximum Gasteiger partial charge on any atom is 0.230 e. The van der Waals surface area contributed by atoms with Crippen LogP contribution in [0, 0.1) is 0 Å². The number of nitrogens with one attached hydrogen (secondary N) is 1. The Hall–Kier alpha value is -1.00. The summed E-state index contributed by atoms with van der Waals surface area (Å²) in [5.41, 5.74) is 1.12. The summed E-state index contributed by atoms with van der Waals surface area (Å²) in [6, 6.07) is 9.69. The van der Waals surface area contributed by atoms with Gasteiger partial charge in [0.2, 0.25) is 5.91 Å². The van der Waals surface area contributed by atoms with Gasteiger partial charge in [0.25, 0.3) is 0 Å². The number of aliphatic hydroxyl groups excluding tert-OH is 1. The van der Waals surface area contributed by atoms with E-state index < -0.39 is 0 Å². The molecule has 1 unspecified atom stereocenters. The van der Waals surface area contributed by atoms with Gasteiger partial charge in [0.15, 0.2) is 0 Å². The number of benzene rings is 1. The third-order valence-electron chi connectivity index (χ3n) is 2.49. The minimum atomic E-state index is -0.192. The highest BCUT2D eigenvalue weighted by Crippen LogP contribution is 2.04. The lowest BCUT2D eigenvalue weighted by Gasteiger charge is -2.16. The third kappa shape index (κ3) is 6.07. The van der Waals surface area contributed by atoms with Gasteiger partial charge >= 0.3 is 0 Å². The summed E-state index contributed by atoms with van der Waals surface area (Å²) < 4.78 is 0. The molecule has 2 N–H and O–H groups in total. The molecule has 1 atom stereocenters. The van der Waals surface area contributed by atoms with E-state index in [2.05, 4.69) is 12.2 Å². The summed E-state index contributed by atoms with van der Waals surface area (Å²) in [7, 11) is 0.